The lowest BCUT2D eigenvalue weighted by Gasteiger charge is -2.30. The predicted molar refractivity (Wildman–Crippen MR) is 69.5 cm³/mol. The van der Waals surface area contributed by atoms with Gasteiger partial charge in [-0.25, -0.2) is 0 Å². The van der Waals surface area contributed by atoms with Crippen LogP contribution in [0.5, 0.6) is 0 Å². The first-order valence-electron chi connectivity index (χ1n) is 6.19. The summed E-state index contributed by atoms with van der Waals surface area (Å²) in [5, 5.41) is 17.4. The topological polar surface area (TPSA) is 70.6 Å². The van der Waals surface area contributed by atoms with E-state index in [-0.39, 0.29) is 0 Å². The van der Waals surface area contributed by atoms with Crippen molar-refractivity contribution in [2.75, 3.05) is 11.4 Å². The molecule has 1 aliphatic rings. The van der Waals surface area contributed by atoms with E-state index in [0.717, 1.165) is 36.0 Å². The second-order valence-electron chi connectivity index (χ2n) is 4.72. The number of rotatable bonds is 1. The van der Waals surface area contributed by atoms with E-state index in [1.807, 2.05) is 24.5 Å². The first-order chi connectivity index (χ1) is 9.19. The second-order valence-corrected chi connectivity index (χ2v) is 4.72. The van der Waals surface area contributed by atoms with Crippen molar-refractivity contribution in [3.05, 3.63) is 35.2 Å². The Labute approximate surface area is 111 Å². The highest BCUT2D eigenvalue weighted by Gasteiger charge is 2.21. The summed E-state index contributed by atoms with van der Waals surface area (Å²) in [7, 11) is 0. The van der Waals surface area contributed by atoms with Crippen LogP contribution in [0.1, 0.15) is 22.8 Å². The highest BCUT2D eigenvalue weighted by molar-refractivity contribution is 5.61. The zero-order chi connectivity index (χ0) is 13.4. The van der Waals surface area contributed by atoms with Crippen molar-refractivity contribution >= 4 is 5.69 Å². The summed E-state index contributed by atoms with van der Waals surface area (Å²) in [6, 6.07) is 4.23. The summed E-state index contributed by atoms with van der Waals surface area (Å²) in [6.07, 6.45) is 1.75. The Kier molecular flexibility index (Phi) is 2.67. The van der Waals surface area contributed by atoms with Crippen LogP contribution >= 0.6 is 0 Å². The van der Waals surface area contributed by atoms with Crippen molar-refractivity contribution in [2.45, 2.75) is 26.9 Å². The van der Waals surface area contributed by atoms with Crippen LogP contribution in [0.3, 0.4) is 0 Å². The third kappa shape index (κ3) is 1.93. The van der Waals surface area contributed by atoms with Crippen molar-refractivity contribution in [1.82, 2.24) is 19.7 Å². The molecule has 0 aromatic carbocycles. The van der Waals surface area contributed by atoms with Gasteiger partial charge in [-0.05, 0) is 19.9 Å². The molecule has 0 bridgehead atoms. The molecule has 0 N–H and O–H groups in total. The van der Waals surface area contributed by atoms with Crippen LogP contribution in [0, 0.1) is 25.2 Å². The van der Waals surface area contributed by atoms with Crippen LogP contribution in [-0.4, -0.2) is 26.3 Å². The minimum atomic E-state index is 0.651. The Morgan fingerprint density at radius 2 is 2.16 bits per heavy atom. The van der Waals surface area contributed by atoms with Gasteiger partial charge < -0.3 is 9.47 Å². The Morgan fingerprint density at radius 3 is 2.95 bits per heavy atom. The summed E-state index contributed by atoms with van der Waals surface area (Å²) in [5.74, 6) is 0.933. The fourth-order valence-corrected chi connectivity index (χ4v) is 2.47. The van der Waals surface area contributed by atoms with E-state index >= 15 is 0 Å². The fraction of sp³-hybridized carbons (Fsp3) is 0.385. The van der Waals surface area contributed by atoms with Crippen LogP contribution in [0.25, 0.3) is 0 Å². The Morgan fingerprint density at radius 1 is 1.32 bits per heavy atom. The molecule has 0 saturated heterocycles. The van der Waals surface area contributed by atoms with Crippen molar-refractivity contribution in [1.29, 1.82) is 5.26 Å². The summed E-state index contributed by atoms with van der Waals surface area (Å²) in [4.78, 5) is 6.52. The van der Waals surface area contributed by atoms with Gasteiger partial charge in [-0.15, -0.1) is 10.2 Å². The molecule has 6 heteroatoms. The molecule has 3 heterocycles. The number of aromatic nitrogens is 4. The van der Waals surface area contributed by atoms with Gasteiger partial charge in [0.2, 0.25) is 0 Å². The number of pyridine rings is 1. The summed E-state index contributed by atoms with van der Waals surface area (Å²) in [6.45, 7) is 6.19. The number of nitrogens with zero attached hydrogens (tertiary/aromatic N) is 6. The quantitative estimate of drug-likeness (QED) is 0.764. The lowest BCUT2D eigenvalue weighted by molar-refractivity contribution is 0.559. The first-order valence-corrected chi connectivity index (χ1v) is 6.19. The van der Waals surface area contributed by atoms with Crippen LogP contribution < -0.4 is 4.90 Å². The van der Waals surface area contributed by atoms with Crippen LogP contribution in [0.4, 0.5) is 5.69 Å². The number of hydrogen-bond acceptors (Lipinski definition) is 5. The maximum Gasteiger partial charge on any atom is 0.152 e. The molecule has 2 aromatic rings. The SMILES string of the molecule is Cc1cc(N2CCn3cnnc3C2)c(C#N)c(C)n1. The molecular weight excluding hydrogens is 240 g/mol. The maximum absolute atomic E-state index is 9.33. The van der Waals surface area contributed by atoms with Crippen LogP contribution in [-0.2, 0) is 13.1 Å². The summed E-state index contributed by atoms with van der Waals surface area (Å²) < 4.78 is 2.05. The third-order valence-electron chi connectivity index (χ3n) is 3.40. The van der Waals surface area contributed by atoms with Gasteiger partial charge in [0.15, 0.2) is 5.82 Å². The smallest absolute Gasteiger partial charge is 0.152 e. The fourth-order valence-electron chi connectivity index (χ4n) is 2.47. The van der Waals surface area contributed by atoms with E-state index in [1.54, 1.807) is 6.33 Å². The van der Waals surface area contributed by atoms with Gasteiger partial charge in [0.05, 0.1) is 23.5 Å². The number of anilines is 1. The normalized spacial score (nSPS) is 14.1. The average Bonchev–Trinajstić information content (AvgIpc) is 2.85. The van der Waals surface area contributed by atoms with E-state index in [0.29, 0.717) is 12.1 Å². The van der Waals surface area contributed by atoms with Gasteiger partial charge in [0.1, 0.15) is 12.4 Å². The second kappa shape index (κ2) is 4.35. The zero-order valence-electron chi connectivity index (χ0n) is 11.0. The first kappa shape index (κ1) is 11.7. The van der Waals surface area contributed by atoms with E-state index in [4.69, 9.17) is 0 Å². The number of aryl methyl sites for hydroxylation is 2. The van der Waals surface area contributed by atoms with Gasteiger partial charge in [-0.2, -0.15) is 5.26 Å². The maximum atomic E-state index is 9.33. The third-order valence-corrected chi connectivity index (χ3v) is 3.40. The molecule has 0 unspecified atom stereocenters. The summed E-state index contributed by atoms with van der Waals surface area (Å²) in [5.41, 5.74) is 3.31. The molecule has 0 radical (unpaired) electrons. The Balaban J connectivity index is 2.02. The molecule has 0 aliphatic carbocycles. The molecule has 96 valence electrons. The number of hydrogen-bond donors (Lipinski definition) is 0. The summed E-state index contributed by atoms with van der Waals surface area (Å²) >= 11 is 0. The van der Waals surface area contributed by atoms with E-state index in [9.17, 15) is 5.26 Å². The number of fused-ring (bicyclic) bond motifs is 1. The minimum Gasteiger partial charge on any atom is -0.361 e. The Hall–Kier alpha value is -2.42. The molecular formula is C13H14N6. The molecule has 0 spiro atoms. The van der Waals surface area contributed by atoms with E-state index < -0.39 is 0 Å². The molecule has 6 nitrogen and oxygen atoms in total. The largest absolute Gasteiger partial charge is 0.361 e. The molecule has 0 amide bonds. The van der Waals surface area contributed by atoms with E-state index in [1.165, 1.54) is 0 Å². The minimum absolute atomic E-state index is 0.651. The van der Waals surface area contributed by atoms with Gasteiger partial charge in [0.25, 0.3) is 0 Å². The lowest BCUT2D eigenvalue weighted by Crippen LogP contribution is -2.34. The molecule has 1 aliphatic heterocycles. The molecule has 0 saturated carbocycles. The average molecular weight is 254 g/mol. The highest BCUT2D eigenvalue weighted by atomic mass is 15.3. The van der Waals surface area contributed by atoms with Gasteiger partial charge in [-0.3, -0.25) is 4.98 Å². The van der Waals surface area contributed by atoms with Gasteiger partial charge >= 0.3 is 0 Å². The van der Waals surface area contributed by atoms with Crippen molar-refractivity contribution < 1.29 is 0 Å². The molecule has 0 atom stereocenters. The standard InChI is InChI=1S/C13H14N6/c1-9-5-12(11(6-14)10(2)16-9)18-3-4-19-8-15-17-13(19)7-18/h5,8H,3-4,7H2,1-2H3. The van der Waals surface area contributed by atoms with Crippen molar-refractivity contribution in [2.24, 2.45) is 0 Å². The molecule has 2 aromatic heterocycles. The zero-order valence-corrected chi connectivity index (χ0v) is 11.0. The highest BCUT2D eigenvalue weighted by Crippen LogP contribution is 2.26. The molecule has 19 heavy (non-hydrogen) atoms. The van der Waals surface area contributed by atoms with E-state index in [2.05, 4.69) is 26.2 Å². The Bertz CT molecular complexity index is 666. The van der Waals surface area contributed by atoms with Gasteiger partial charge in [0, 0.05) is 18.8 Å². The monoisotopic (exact) mass is 254 g/mol. The predicted octanol–water partition coefficient (Wildman–Crippen LogP) is 1.18. The van der Waals surface area contributed by atoms with Crippen molar-refractivity contribution in [3.63, 3.8) is 0 Å². The number of nitriles is 1. The van der Waals surface area contributed by atoms with Crippen LogP contribution in [0.15, 0.2) is 12.4 Å². The molecule has 3 rings (SSSR count). The lowest BCUT2D eigenvalue weighted by atomic mass is 10.1. The van der Waals surface area contributed by atoms with Gasteiger partial charge in [-0.1, -0.05) is 0 Å². The van der Waals surface area contributed by atoms with Crippen molar-refractivity contribution in [3.8, 4) is 6.07 Å². The van der Waals surface area contributed by atoms with Crippen LogP contribution in [0.2, 0.25) is 0 Å². The molecule has 0 fully saturated rings.